The van der Waals surface area contributed by atoms with Crippen molar-refractivity contribution in [2.24, 2.45) is 11.7 Å². The molecule has 0 spiro atoms. The molecule has 1 saturated carbocycles. The van der Waals surface area contributed by atoms with Gasteiger partial charge in [0, 0.05) is 11.6 Å². The first-order valence-corrected chi connectivity index (χ1v) is 8.14. The van der Waals surface area contributed by atoms with Gasteiger partial charge < -0.3 is 10.5 Å². The summed E-state index contributed by atoms with van der Waals surface area (Å²) in [6, 6.07) is 6.04. The Balaban J connectivity index is 2.16. The predicted molar refractivity (Wildman–Crippen MR) is 85.1 cm³/mol. The lowest BCUT2D eigenvalue weighted by atomic mass is 9.81. The highest BCUT2D eigenvalue weighted by Gasteiger charge is 2.30. The zero-order valence-electron chi connectivity index (χ0n) is 12.6. The monoisotopic (exact) mass is 295 g/mol. The fourth-order valence-corrected chi connectivity index (χ4v) is 3.38. The molecule has 0 aromatic heterocycles. The van der Waals surface area contributed by atoms with Crippen molar-refractivity contribution in [3.05, 3.63) is 34.3 Å². The van der Waals surface area contributed by atoms with Gasteiger partial charge in [0.1, 0.15) is 0 Å². The number of hydrogen-bond acceptors (Lipinski definition) is 2. The van der Waals surface area contributed by atoms with Gasteiger partial charge in [0.2, 0.25) is 0 Å². The van der Waals surface area contributed by atoms with E-state index in [4.69, 9.17) is 22.1 Å². The molecule has 1 aromatic rings. The first kappa shape index (κ1) is 15.8. The van der Waals surface area contributed by atoms with Crippen molar-refractivity contribution in [1.82, 2.24) is 0 Å². The second-order valence-electron chi connectivity index (χ2n) is 5.85. The lowest BCUT2D eigenvalue weighted by Gasteiger charge is -2.34. The third-order valence-electron chi connectivity index (χ3n) is 4.41. The van der Waals surface area contributed by atoms with Crippen molar-refractivity contribution in [2.45, 2.75) is 58.1 Å². The second kappa shape index (κ2) is 7.44. The van der Waals surface area contributed by atoms with Crippen LogP contribution >= 0.6 is 11.6 Å². The number of hydrogen-bond donors (Lipinski definition) is 1. The van der Waals surface area contributed by atoms with E-state index in [1.807, 2.05) is 26.0 Å². The summed E-state index contributed by atoms with van der Waals surface area (Å²) in [7, 11) is 0. The van der Waals surface area contributed by atoms with E-state index in [1.54, 1.807) is 0 Å². The largest absolute Gasteiger partial charge is 0.376 e. The molecule has 2 nitrogen and oxygen atoms in total. The number of rotatable bonds is 5. The van der Waals surface area contributed by atoms with Crippen LogP contribution in [0.5, 0.6) is 0 Å². The highest BCUT2D eigenvalue weighted by Crippen LogP contribution is 2.34. The summed E-state index contributed by atoms with van der Waals surface area (Å²) in [4.78, 5) is 0. The minimum atomic E-state index is -0.0869. The molecule has 2 rings (SSSR count). The molecular weight excluding hydrogens is 270 g/mol. The molecule has 2 N–H and O–H groups in total. The number of halogens is 1. The Hall–Kier alpha value is -0.570. The van der Waals surface area contributed by atoms with Gasteiger partial charge in [0.05, 0.1) is 12.1 Å². The van der Waals surface area contributed by atoms with Gasteiger partial charge >= 0.3 is 0 Å². The van der Waals surface area contributed by atoms with E-state index < -0.39 is 0 Å². The Morgan fingerprint density at radius 2 is 2.00 bits per heavy atom. The van der Waals surface area contributed by atoms with Gasteiger partial charge in [-0.3, -0.25) is 0 Å². The predicted octanol–water partition coefficient (Wildman–Crippen LogP) is 4.63. The van der Waals surface area contributed by atoms with Gasteiger partial charge in [-0.1, -0.05) is 43.0 Å². The van der Waals surface area contributed by atoms with Crippen molar-refractivity contribution in [3.8, 4) is 0 Å². The summed E-state index contributed by atoms with van der Waals surface area (Å²) < 4.78 is 6.00. The standard InChI is InChI=1S/C17H26ClNO/c1-3-20-17(13-7-5-4-6-8-13)16(19)14-10-9-12(2)15(18)11-14/h9-11,13,16-17H,3-8,19H2,1-2H3. The summed E-state index contributed by atoms with van der Waals surface area (Å²) >= 11 is 6.23. The normalized spacial score (nSPS) is 19.8. The molecule has 1 aliphatic rings. The number of ether oxygens (including phenoxy) is 1. The van der Waals surface area contributed by atoms with Crippen LogP contribution in [0.4, 0.5) is 0 Å². The van der Waals surface area contributed by atoms with E-state index in [1.165, 1.54) is 32.1 Å². The maximum Gasteiger partial charge on any atom is 0.0795 e. The second-order valence-corrected chi connectivity index (χ2v) is 6.26. The van der Waals surface area contributed by atoms with E-state index in [0.717, 1.165) is 16.1 Å². The molecular formula is C17H26ClNO. The highest BCUT2D eigenvalue weighted by atomic mass is 35.5. The Bertz CT molecular complexity index is 429. The molecule has 0 aliphatic heterocycles. The topological polar surface area (TPSA) is 35.2 Å². The molecule has 2 atom stereocenters. The smallest absolute Gasteiger partial charge is 0.0795 e. The minimum absolute atomic E-state index is 0.0869. The Morgan fingerprint density at radius 1 is 1.30 bits per heavy atom. The Morgan fingerprint density at radius 3 is 2.60 bits per heavy atom. The molecule has 0 bridgehead atoms. The molecule has 1 aromatic carbocycles. The molecule has 1 aliphatic carbocycles. The summed E-state index contributed by atoms with van der Waals surface area (Å²) in [6.07, 6.45) is 6.53. The first-order valence-electron chi connectivity index (χ1n) is 7.76. The Labute approximate surface area is 127 Å². The van der Waals surface area contributed by atoms with Crippen LogP contribution in [0.1, 0.15) is 56.2 Å². The van der Waals surface area contributed by atoms with Crippen LogP contribution in [-0.4, -0.2) is 12.7 Å². The van der Waals surface area contributed by atoms with E-state index in [2.05, 4.69) is 6.07 Å². The van der Waals surface area contributed by atoms with Crippen LogP contribution in [0.2, 0.25) is 5.02 Å². The van der Waals surface area contributed by atoms with E-state index in [9.17, 15) is 0 Å². The maximum atomic E-state index is 6.49. The Kier molecular flexibility index (Phi) is 5.88. The molecule has 2 unspecified atom stereocenters. The van der Waals surface area contributed by atoms with Gasteiger partial charge in [0.25, 0.3) is 0 Å². The van der Waals surface area contributed by atoms with Crippen molar-refractivity contribution in [2.75, 3.05) is 6.61 Å². The van der Waals surface area contributed by atoms with Gasteiger partial charge in [-0.15, -0.1) is 0 Å². The maximum absolute atomic E-state index is 6.49. The van der Waals surface area contributed by atoms with E-state index >= 15 is 0 Å². The lowest BCUT2D eigenvalue weighted by Crippen LogP contribution is -2.36. The summed E-state index contributed by atoms with van der Waals surface area (Å²) in [5.41, 5.74) is 8.67. The van der Waals surface area contributed by atoms with Gasteiger partial charge in [-0.2, -0.15) is 0 Å². The van der Waals surface area contributed by atoms with Crippen molar-refractivity contribution in [3.63, 3.8) is 0 Å². The molecule has 3 heteroatoms. The summed E-state index contributed by atoms with van der Waals surface area (Å²) in [6.45, 7) is 4.78. The first-order chi connectivity index (χ1) is 9.63. The molecule has 1 fully saturated rings. The summed E-state index contributed by atoms with van der Waals surface area (Å²) in [5, 5.41) is 0.789. The van der Waals surface area contributed by atoms with Crippen LogP contribution in [0, 0.1) is 12.8 Å². The average molecular weight is 296 g/mol. The van der Waals surface area contributed by atoms with Crippen LogP contribution in [0.15, 0.2) is 18.2 Å². The fraction of sp³-hybridized carbons (Fsp3) is 0.647. The third kappa shape index (κ3) is 3.75. The van der Waals surface area contributed by atoms with Crippen LogP contribution in [-0.2, 0) is 4.74 Å². The van der Waals surface area contributed by atoms with Crippen molar-refractivity contribution >= 4 is 11.6 Å². The average Bonchev–Trinajstić information content (AvgIpc) is 2.48. The minimum Gasteiger partial charge on any atom is -0.376 e. The van der Waals surface area contributed by atoms with Gasteiger partial charge in [0.15, 0.2) is 0 Å². The number of benzene rings is 1. The molecule has 0 radical (unpaired) electrons. The fourth-order valence-electron chi connectivity index (χ4n) is 3.19. The zero-order chi connectivity index (χ0) is 14.5. The molecule has 0 heterocycles. The zero-order valence-corrected chi connectivity index (χ0v) is 13.3. The SMILES string of the molecule is CCOC(C1CCCCC1)C(N)c1ccc(C)c(Cl)c1. The highest BCUT2D eigenvalue weighted by molar-refractivity contribution is 6.31. The molecule has 0 amide bonds. The third-order valence-corrected chi connectivity index (χ3v) is 4.82. The molecule has 20 heavy (non-hydrogen) atoms. The lowest BCUT2D eigenvalue weighted by molar-refractivity contribution is -0.00985. The van der Waals surface area contributed by atoms with Gasteiger partial charge in [-0.05, 0) is 49.8 Å². The quantitative estimate of drug-likeness (QED) is 0.859. The van der Waals surface area contributed by atoms with Crippen molar-refractivity contribution < 1.29 is 4.74 Å². The molecule has 0 saturated heterocycles. The van der Waals surface area contributed by atoms with Crippen LogP contribution in [0.3, 0.4) is 0 Å². The van der Waals surface area contributed by atoms with Gasteiger partial charge in [-0.25, -0.2) is 0 Å². The number of nitrogens with two attached hydrogens (primary N) is 1. The number of aryl methyl sites for hydroxylation is 1. The molecule has 112 valence electrons. The van der Waals surface area contributed by atoms with Crippen LogP contribution < -0.4 is 5.73 Å². The van der Waals surface area contributed by atoms with E-state index in [0.29, 0.717) is 12.5 Å². The summed E-state index contributed by atoms with van der Waals surface area (Å²) in [5.74, 6) is 0.582. The van der Waals surface area contributed by atoms with Crippen molar-refractivity contribution in [1.29, 1.82) is 0 Å². The van der Waals surface area contributed by atoms with E-state index in [-0.39, 0.29) is 12.1 Å². The van der Waals surface area contributed by atoms with Crippen LogP contribution in [0.25, 0.3) is 0 Å².